The topological polar surface area (TPSA) is 84.0 Å². The number of hydrogen-bond donors (Lipinski definition) is 2. The summed E-state index contributed by atoms with van der Waals surface area (Å²) in [4.78, 5) is 34.8. The zero-order valence-electron chi connectivity index (χ0n) is 18.4. The predicted molar refractivity (Wildman–Crippen MR) is 134 cm³/mol. The van der Waals surface area contributed by atoms with Gasteiger partial charge >= 0.3 is 0 Å². The minimum atomic E-state index is -0.445. The van der Waals surface area contributed by atoms with Gasteiger partial charge in [0.2, 0.25) is 0 Å². The minimum Gasteiger partial charge on any atom is -0.322 e. The van der Waals surface area contributed by atoms with Crippen LogP contribution in [0.1, 0.15) is 20.7 Å². The van der Waals surface area contributed by atoms with Gasteiger partial charge in [-0.1, -0.05) is 30.3 Å². The lowest BCUT2D eigenvalue weighted by molar-refractivity contribution is 0.101. The van der Waals surface area contributed by atoms with Crippen LogP contribution in [0.2, 0.25) is 0 Å². The zero-order chi connectivity index (χ0) is 24.2. The van der Waals surface area contributed by atoms with Gasteiger partial charge in [0.05, 0.1) is 16.8 Å². The number of nitrogens with zero attached hydrogens (tertiary/aromatic N) is 2. The number of amides is 2. The molecule has 7 heteroatoms. The molecule has 0 spiro atoms. The summed E-state index contributed by atoms with van der Waals surface area (Å²) in [5, 5.41) is 6.24. The first-order chi connectivity index (χ1) is 17.1. The van der Waals surface area contributed by atoms with Gasteiger partial charge in [0.25, 0.3) is 11.8 Å². The van der Waals surface area contributed by atoms with E-state index in [-0.39, 0.29) is 5.91 Å². The Morgan fingerprint density at radius 2 is 1.51 bits per heavy atom. The first-order valence-corrected chi connectivity index (χ1v) is 10.9. The second-order valence-electron chi connectivity index (χ2n) is 7.81. The van der Waals surface area contributed by atoms with Crippen LogP contribution in [0.15, 0.2) is 103 Å². The summed E-state index contributed by atoms with van der Waals surface area (Å²) in [7, 11) is 0. The van der Waals surface area contributed by atoms with E-state index in [9.17, 15) is 14.0 Å². The molecule has 5 aromatic rings. The Balaban J connectivity index is 1.43. The maximum Gasteiger partial charge on any atom is 0.256 e. The number of halogens is 1. The number of hydrogen-bond acceptors (Lipinski definition) is 4. The van der Waals surface area contributed by atoms with Gasteiger partial charge in [-0.25, -0.2) is 9.37 Å². The summed E-state index contributed by atoms with van der Waals surface area (Å²) >= 11 is 0. The number of fused-ring (bicyclic) bond motifs is 1. The summed E-state index contributed by atoms with van der Waals surface area (Å²) in [5.74, 6) is -1.20. The van der Waals surface area contributed by atoms with Gasteiger partial charge in [-0.2, -0.15) is 0 Å². The molecular formula is C28H19FN4O2. The molecule has 35 heavy (non-hydrogen) atoms. The zero-order valence-corrected chi connectivity index (χ0v) is 18.4. The molecule has 5 rings (SSSR count). The highest BCUT2D eigenvalue weighted by atomic mass is 19.1. The van der Waals surface area contributed by atoms with E-state index in [2.05, 4.69) is 20.6 Å². The third-order valence-electron chi connectivity index (χ3n) is 5.38. The first kappa shape index (κ1) is 21.9. The van der Waals surface area contributed by atoms with Crippen molar-refractivity contribution in [2.24, 2.45) is 0 Å². The highest BCUT2D eigenvalue weighted by Crippen LogP contribution is 2.25. The van der Waals surface area contributed by atoms with E-state index in [4.69, 9.17) is 0 Å². The van der Waals surface area contributed by atoms with Crippen LogP contribution in [0, 0.1) is 5.82 Å². The molecule has 0 atom stereocenters. The van der Waals surface area contributed by atoms with Crippen LogP contribution in [0.25, 0.3) is 22.2 Å². The third kappa shape index (κ3) is 4.89. The van der Waals surface area contributed by atoms with Gasteiger partial charge in [-0.15, -0.1) is 0 Å². The number of pyridine rings is 2. The van der Waals surface area contributed by atoms with Crippen molar-refractivity contribution in [2.45, 2.75) is 0 Å². The van der Waals surface area contributed by atoms with Crippen molar-refractivity contribution >= 4 is 34.1 Å². The van der Waals surface area contributed by atoms with Crippen LogP contribution in [0.4, 0.5) is 15.8 Å². The molecule has 0 saturated carbocycles. The highest BCUT2D eigenvalue weighted by Gasteiger charge is 2.15. The Morgan fingerprint density at radius 3 is 2.31 bits per heavy atom. The van der Waals surface area contributed by atoms with Crippen LogP contribution in [-0.4, -0.2) is 21.8 Å². The lowest BCUT2D eigenvalue weighted by Crippen LogP contribution is -2.15. The van der Waals surface area contributed by atoms with E-state index in [1.165, 1.54) is 18.2 Å². The lowest BCUT2D eigenvalue weighted by atomic mass is 10.0. The van der Waals surface area contributed by atoms with Crippen molar-refractivity contribution in [1.29, 1.82) is 0 Å². The normalized spacial score (nSPS) is 10.7. The fourth-order valence-corrected chi connectivity index (χ4v) is 3.73. The third-order valence-corrected chi connectivity index (χ3v) is 5.38. The van der Waals surface area contributed by atoms with Crippen molar-refractivity contribution < 1.29 is 14.0 Å². The molecule has 0 aliphatic rings. The van der Waals surface area contributed by atoms with Crippen molar-refractivity contribution in [1.82, 2.24) is 9.97 Å². The summed E-state index contributed by atoms with van der Waals surface area (Å²) in [6, 6.07) is 25.0. The van der Waals surface area contributed by atoms with Gasteiger partial charge < -0.3 is 10.6 Å². The molecule has 0 saturated heterocycles. The molecule has 2 aromatic heterocycles. The number of carbonyl (C=O) groups excluding carboxylic acids is 2. The number of anilines is 2. The Hall–Kier alpha value is -4.91. The molecule has 0 bridgehead atoms. The molecular weight excluding hydrogens is 443 g/mol. The minimum absolute atomic E-state index is 0.322. The second-order valence-corrected chi connectivity index (χ2v) is 7.81. The molecule has 2 N–H and O–H groups in total. The molecule has 3 aromatic carbocycles. The first-order valence-electron chi connectivity index (χ1n) is 10.9. The number of para-hydroxylation sites is 1. The standard InChI is InChI=1S/C28H19FN4O2/c29-20-8-4-10-22(15-20)31-27(34)18-6-3-9-21(14-18)32-28(35)24-16-26(19-7-5-13-30-17-19)33-25-12-2-1-11-23(24)25/h1-17H,(H,31,34)(H,32,35). The van der Waals surface area contributed by atoms with Gasteiger partial charge in [0.1, 0.15) is 5.82 Å². The van der Waals surface area contributed by atoms with E-state index < -0.39 is 11.7 Å². The van der Waals surface area contributed by atoms with Crippen LogP contribution < -0.4 is 10.6 Å². The van der Waals surface area contributed by atoms with Gasteiger partial charge in [0, 0.05) is 40.3 Å². The lowest BCUT2D eigenvalue weighted by Gasteiger charge is -2.11. The van der Waals surface area contributed by atoms with E-state index in [1.54, 1.807) is 48.8 Å². The Bertz CT molecular complexity index is 1550. The Morgan fingerprint density at radius 1 is 0.743 bits per heavy atom. The smallest absolute Gasteiger partial charge is 0.256 e. The number of nitrogens with one attached hydrogen (secondary N) is 2. The molecule has 6 nitrogen and oxygen atoms in total. The van der Waals surface area contributed by atoms with Crippen LogP contribution in [0.3, 0.4) is 0 Å². The second kappa shape index (κ2) is 9.52. The molecule has 0 unspecified atom stereocenters. The van der Waals surface area contributed by atoms with E-state index in [0.717, 1.165) is 5.56 Å². The Kier molecular flexibility index (Phi) is 5.96. The molecule has 2 heterocycles. The molecule has 0 fully saturated rings. The van der Waals surface area contributed by atoms with Crippen LogP contribution in [0.5, 0.6) is 0 Å². The average molecular weight is 462 g/mol. The van der Waals surface area contributed by atoms with E-state index >= 15 is 0 Å². The molecule has 0 aliphatic carbocycles. The maximum absolute atomic E-state index is 13.4. The fourth-order valence-electron chi connectivity index (χ4n) is 3.73. The van der Waals surface area contributed by atoms with Gasteiger partial charge in [-0.05, 0) is 60.7 Å². The van der Waals surface area contributed by atoms with E-state index in [0.29, 0.717) is 39.1 Å². The fraction of sp³-hybridized carbons (Fsp3) is 0. The van der Waals surface area contributed by atoms with Gasteiger partial charge in [0.15, 0.2) is 0 Å². The molecule has 170 valence electrons. The van der Waals surface area contributed by atoms with Gasteiger partial charge in [-0.3, -0.25) is 14.6 Å². The molecule has 0 radical (unpaired) electrons. The largest absolute Gasteiger partial charge is 0.322 e. The summed E-state index contributed by atoms with van der Waals surface area (Å²) in [6.45, 7) is 0. The Labute approximate surface area is 200 Å². The average Bonchev–Trinajstić information content (AvgIpc) is 2.88. The molecule has 0 aliphatic heterocycles. The van der Waals surface area contributed by atoms with Crippen molar-refractivity contribution in [2.75, 3.05) is 10.6 Å². The number of carbonyl (C=O) groups is 2. The number of aromatic nitrogens is 2. The van der Waals surface area contributed by atoms with Crippen LogP contribution >= 0.6 is 0 Å². The maximum atomic E-state index is 13.4. The van der Waals surface area contributed by atoms with Crippen LogP contribution in [-0.2, 0) is 0 Å². The van der Waals surface area contributed by atoms with Crippen molar-refractivity contribution in [3.05, 3.63) is 120 Å². The van der Waals surface area contributed by atoms with Crippen molar-refractivity contribution in [3.8, 4) is 11.3 Å². The summed E-state index contributed by atoms with van der Waals surface area (Å²) in [6.07, 6.45) is 3.37. The summed E-state index contributed by atoms with van der Waals surface area (Å²) in [5.41, 5.74) is 3.67. The number of benzene rings is 3. The predicted octanol–water partition coefficient (Wildman–Crippen LogP) is 5.94. The molecule has 2 amide bonds. The quantitative estimate of drug-likeness (QED) is 0.339. The van der Waals surface area contributed by atoms with Crippen molar-refractivity contribution in [3.63, 3.8) is 0 Å². The summed E-state index contributed by atoms with van der Waals surface area (Å²) < 4.78 is 13.4. The highest BCUT2D eigenvalue weighted by molar-refractivity contribution is 6.13. The number of rotatable bonds is 5. The SMILES string of the molecule is O=C(Nc1cccc(F)c1)c1cccc(NC(=O)c2cc(-c3cccnc3)nc3ccccc23)c1. The monoisotopic (exact) mass is 462 g/mol. The van der Waals surface area contributed by atoms with E-state index in [1.807, 2.05) is 36.4 Å².